The topological polar surface area (TPSA) is 6.48 Å². The molecule has 2 aromatic carbocycles. The summed E-state index contributed by atoms with van der Waals surface area (Å²) in [5.41, 5.74) is 11.3. The van der Waals surface area contributed by atoms with E-state index >= 15 is 0 Å². The molecule has 1 radical (unpaired) electrons. The molecular formula is C33H49N2. The fourth-order valence-electron chi connectivity index (χ4n) is 5.05. The Morgan fingerprint density at radius 2 is 0.657 bits per heavy atom. The molecule has 3 rings (SSSR count). The van der Waals surface area contributed by atoms with Crippen molar-refractivity contribution < 1.29 is 0 Å². The second-order valence-electron chi connectivity index (χ2n) is 12.3. The highest BCUT2D eigenvalue weighted by Gasteiger charge is 2.28. The van der Waals surface area contributed by atoms with Crippen molar-refractivity contribution in [1.29, 1.82) is 0 Å². The Bertz CT molecular complexity index is 911. The fraction of sp³-hybridized carbons (Fsp3) is 0.545. The molecule has 35 heavy (non-hydrogen) atoms. The Morgan fingerprint density at radius 1 is 0.400 bits per heavy atom. The maximum absolute atomic E-state index is 2.44. The van der Waals surface area contributed by atoms with Crippen LogP contribution in [-0.2, 0) is 0 Å². The van der Waals surface area contributed by atoms with Gasteiger partial charge in [-0.2, -0.15) is 0 Å². The molecule has 0 atom stereocenters. The van der Waals surface area contributed by atoms with Gasteiger partial charge in [0, 0.05) is 23.8 Å². The third-order valence-corrected chi connectivity index (χ3v) is 7.36. The molecule has 1 aliphatic heterocycles. The van der Waals surface area contributed by atoms with E-state index in [0.29, 0.717) is 35.5 Å². The van der Waals surface area contributed by atoms with E-state index in [2.05, 4.69) is 136 Å². The standard InChI is InChI=1S/C33H49N2/c1-20(2)26-15-28(22(5)6)32(29(16-26)23(7)8)34-13-14-35(19-34)33-30(24(9)10)17-27(21(3)4)18-31(33)25(11)12/h13-25H,1-12H3. The van der Waals surface area contributed by atoms with E-state index < -0.39 is 0 Å². The molecule has 2 nitrogen and oxygen atoms in total. The molecule has 0 saturated heterocycles. The molecule has 1 aliphatic rings. The van der Waals surface area contributed by atoms with E-state index in [9.17, 15) is 0 Å². The van der Waals surface area contributed by atoms with Gasteiger partial charge in [0.25, 0.3) is 0 Å². The molecule has 0 amide bonds. The number of anilines is 2. The van der Waals surface area contributed by atoms with Crippen LogP contribution in [0.25, 0.3) is 0 Å². The molecule has 0 aliphatic carbocycles. The van der Waals surface area contributed by atoms with Crippen LogP contribution in [-0.4, -0.2) is 0 Å². The molecule has 191 valence electrons. The number of nitrogens with zero attached hydrogens (tertiary/aromatic N) is 2. The van der Waals surface area contributed by atoms with Crippen LogP contribution in [0.2, 0.25) is 0 Å². The fourth-order valence-corrected chi connectivity index (χ4v) is 5.05. The number of hydrogen-bond acceptors (Lipinski definition) is 2. The van der Waals surface area contributed by atoms with Gasteiger partial charge in [-0.05, 0) is 68.9 Å². The molecule has 2 aromatic rings. The Morgan fingerprint density at radius 3 is 0.857 bits per heavy atom. The Hall–Kier alpha value is -2.22. The molecule has 0 unspecified atom stereocenters. The number of benzene rings is 2. The SMILES string of the molecule is CC(C)c1cc(C(C)C)c(N2[CH]N(c3c(C(C)C)cc(C(C)C)cc3C(C)C)C=C2)c(C(C)C)c1. The van der Waals surface area contributed by atoms with Crippen LogP contribution >= 0.6 is 0 Å². The molecular weight excluding hydrogens is 424 g/mol. The van der Waals surface area contributed by atoms with Crippen molar-refractivity contribution in [2.75, 3.05) is 9.80 Å². The Balaban J connectivity index is 2.13. The van der Waals surface area contributed by atoms with Crippen LogP contribution in [0.15, 0.2) is 36.7 Å². The van der Waals surface area contributed by atoms with Gasteiger partial charge < -0.3 is 9.80 Å². The van der Waals surface area contributed by atoms with Crippen molar-refractivity contribution in [3.05, 3.63) is 76.7 Å². The van der Waals surface area contributed by atoms with Gasteiger partial charge in [0.05, 0.1) is 0 Å². The van der Waals surface area contributed by atoms with Gasteiger partial charge in [-0.1, -0.05) is 107 Å². The monoisotopic (exact) mass is 473 g/mol. The van der Waals surface area contributed by atoms with E-state index in [-0.39, 0.29) is 0 Å². The second kappa shape index (κ2) is 10.8. The average molecular weight is 474 g/mol. The zero-order valence-electron chi connectivity index (χ0n) is 24.4. The zero-order valence-corrected chi connectivity index (χ0v) is 24.4. The van der Waals surface area contributed by atoms with Crippen molar-refractivity contribution in [2.24, 2.45) is 0 Å². The third kappa shape index (κ3) is 5.63. The van der Waals surface area contributed by atoms with E-state index in [1.807, 2.05) is 0 Å². The lowest BCUT2D eigenvalue weighted by Gasteiger charge is -2.31. The summed E-state index contributed by atoms with van der Waals surface area (Å²) in [5, 5.41) is 0. The lowest BCUT2D eigenvalue weighted by atomic mass is 9.86. The first-order valence-electron chi connectivity index (χ1n) is 13.8. The third-order valence-electron chi connectivity index (χ3n) is 7.36. The first-order valence-corrected chi connectivity index (χ1v) is 13.8. The second-order valence-corrected chi connectivity index (χ2v) is 12.3. The molecule has 0 aromatic heterocycles. The minimum Gasteiger partial charge on any atom is -0.321 e. The summed E-state index contributed by atoms with van der Waals surface area (Å²) in [5.74, 6) is 2.88. The van der Waals surface area contributed by atoms with Crippen molar-refractivity contribution in [1.82, 2.24) is 0 Å². The van der Waals surface area contributed by atoms with E-state index in [1.54, 1.807) is 0 Å². The Kier molecular flexibility index (Phi) is 8.45. The molecule has 0 spiro atoms. The van der Waals surface area contributed by atoms with Gasteiger partial charge in [-0.15, -0.1) is 0 Å². The first kappa shape index (κ1) is 27.4. The average Bonchev–Trinajstić information content (AvgIpc) is 3.26. The van der Waals surface area contributed by atoms with Crippen molar-refractivity contribution in [3.8, 4) is 0 Å². The number of rotatable bonds is 8. The van der Waals surface area contributed by atoms with Crippen molar-refractivity contribution >= 4 is 11.4 Å². The maximum Gasteiger partial charge on any atom is 0.150 e. The van der Waals surface area contributed by atoms with Crippen LogP contribution < -0.4 is 9.80 Å². The van der Waals surface area contributed by atoms with Gasteiger partial charge in [-0.25, -0.2) is 0 Å². The Labute approximate surface area is 216 Å². The van der Waals surface area contributed by atoms with Gasteiger partial charge in [0.15, 0.2) is 6.67 Å². The minimum absolute atomic E-state index is 0.458. The maximum atomic E-state index is 2.44. The van der Waals surface area contributed by atoms with E-state index in [4.69, 9.17) is 0 Å². The van der Waals surface area contributed by atoms with E-state index in [1.165, 1.54) is 44.8 Å². The van der Waals surface area contributed by atoms with Crippen LogP contribution in [0, 0.1) is 6.67 Å². The van der Waals surface area contributed by atoms with Crippen LogP contribution in [0.5, 0.6) is 0 Å². The van der Waals surface area contributed by atoms with Crippen LogP contribution in [0.4, 0.5) is 11.4 Å². The first-order chi connectivity index (χ1) is 16.3. The van der Waals surface area contributed by atoms with Gasteiger partial charge >= 0.3 is 0 Å². The lowest BCUT2D eigenvalue weighted by Crippen LogP contribution is -2.23. The highest BCUT2D eigenvalue weighted by Crippen LogP contribution is 2.44. The van der Waals surface area contributed by atoms with Crippen LogP contribution in [0.1, 0.15) is 152 Å². The summed E-state index contributed by atoms with van der Waals surface area (Å²) < 4.78 is 0. The molecule has 0 saturated carbocycles. The predicted molar refractivity (Wildman–Crippen MR) is 156 cm³/mol. The minimum atomic E-state index is 0.458. The molecule has 2 heteroatoms. The van der Waals surface area contributed by atoms with Gasteiger partial charge in [-0.3, -0.25) is 0 Å². The lowest BCUT2D eigenvalue weighted by molar-refractivity contribution is 0.794. The van der Waals surface area contributed by atoms with Gasteiger partial charge in [0.1, 0.15) is 0 Å². The summed E-state index contributed by atoms with van der Waals surface area (Å²) in [7, 11) is 0. The van der Waals surface area contributed by atoms with Gasteiger partial charge in [0.2, 0.25) is 0 Å². The summed E-state index contributed by atoms with van der Waals surface area (Å²) in [6.07, 6.45) is 4.51. The quantitative estimate of drug-likeness (QED) is 0.376. The molecule has 1 heterocycles. The van der Waals surface area contributed by atoms with Crippen LogP contribution in [0.3, 0.4) is 0 Å². The largest absolute Gasteiger partial charge is 0.321 e. The summed E-state index contributed by atoms with van der Waals surface area (Å²) in [4.78, 5) is 4.75. The summed E-state index contributed by atoms with van der Waals surface area (Å²) in [6, 6.07) is 9.77. The highest BCUT2D eigenvalue weighted by atomic mass is 15.3. The summed E-state index contributed by atoms with van der Waals surface area (Å²) in [6.45, 7) is 30.1. The highest BCUT2D eigenvalue weighted by molar-refractivity contribution is 5.74. The normalized spacial score (nSPS) is 14.3. The molecule has 0 fully saturated rings. The smallest absolute Gasteiger partial charge is 0.150 e. The zero-order chi connectivity index (χ0) is 26.2. The number of hydrogen-bond donors (Lipinski definition) is 0. The van der Waals surface area contributed by atoms with E-state index in [0.717, 1.165) is 0 Å². The van der Waals surface area contributed by atoms with Crippen molar-refractivity contribution in [2.45, 2.75) is 119 Å². The predicted octanol–water partition coefficient (Wildman–Crippen LogP) is 10.3. The van der Waals surface area contributed by atoms with Crippen molar-refractivity contribution in [3.63, 3.8) is 0 Å². The molecule has 0 N–H and O–H groups in total. The molecule has 0 bridgehead atoms. The summed E-state index contributed by atoms with van der Waals surface area (Å²) >= 11 is 0.